The quantitative estimate of drug-likeness (QED) is 0.842. The fraction of sp³-hybridized carbons (Fsp3) is 0.533. The second-order valence-corrected chi connectivity index (χ2v) is 6.10. The number of likely N-dealkylation sites (tertiary alicyclic amines) is 1. The number of nitrogens with zero attached hydrogens (tertiary/aromatic N) is 3. The van der Waals surface area contributed by atoms with Crippen LogP contribution in [0.25, 0.3) is 0 Å². The summed E-state index contributed by atoms with van der Waals surface area (Å²) in [7, 11) is 0. The number of hydrogen-bond donors (Lipinski definition) is 1. The maximum atomic E-state index is 12.6. The Morgan fingerprint density at radius 1 is 1.43 bits per heavy atom. The monoisotopic (exact) mass is 288 g/mol. The fourth-order valence-corrected chi connectivity index (χ4v) is 3.16. The fourth-order valence-electron chi connectivity index (χ4n) is 3.16. The van der Waals surface area contributed by atoms with Crippen molar-refractivity contribution in [1.82, 2.24) is 20.1 Å². The summed E-state index contributed by atoms with van der Waals surface area (Å²) in [4.78, 5) is 32.2. The molecule has 1 aromatic heterocycles. The third-order valence-electron chi connectivity index (χ3n) is 4.19. The predicted octanol–water partition coefficient (Wildman–Crippen LogP) is 0.986. The number of urea groups is 1. The Hall–Kier alpha value is -1.95. The molecule has 1 spiro atoms. The molecule has 2 fully saturated rings. The van der Waals surface area contributed by atoms with E-state index in [0.717, 1.165) is 18.7 Å². The molecule has 2 aliphatic heterocycles. The van der Waals surface area contributed by atoms with E-state index in [-0.39, 0.29) is 18.0 Å². The highest BCUT2D eigenvalue weighted by atomic mass is 16.2. The molecule has 2 saturated heterocycles. The number of imide groups is 1. The molecule has 0 bridgehead atoms. The molecule has 0 aliphatic carbocycles. The summed E-state index contributed by atoms with van der Waals surface area (Å²) in [5.41, 5.74) is 0.385. The van der Waals surface area contributed by atoms with Gasteiger partial charge in [0.1, 0.15) is 5.54 Å². The normalized spacial score (nSPS) is 26.1. The van der Waals surface area contributed by atoms with E-state index in [1.807, 2.05) is 32.2 Å². The molecule has 112 valence electrons. The third-order valence-corrected chi connectivity index (χ3v) is 4.19. The molecular formula is C15H20N4O2. The lowest BCUT2D eigenvalue weighted by atomic mass is 9.98. The molecule has 3 heterocycles. The van der Waals surface area contributed by atoms with Gasteiger partial charge in [0.2, 0.25) is 0 Å². The van der Waals surface area contributed by atoms with E-state index in [1.54, 1.807) is 6.20 Å². The molecule has 6 nitrogen and oxygen atoms in total. The number of aromatic nitrogens is 1. The minimum Gasteiger partial charge on any atom is -0.322 e. The molecule has 21 heavy (non-hydrogen) atoms. The lowest BCUT2D eigenvalue weighted by Gasteiger charge is -2.23. The number of pyridine rings is 1. The highest BCUT2D eigenvalue weighted by Gasteiger charge is 2.55. The van der Waals surface area contributed by atoms with Gasteiger partial charge in [-0.2, -0.15) is 0 Å². The Labute approximate surface area is 124 Å². The number of hydrogen-bond acceptors (Lipinski definition) is 4. The van der Waals surface area contributed by atoms with Crippen LogP contribution in [0, 0.1) is 0 Å². The molecule has 1 atom stereocenters. The minimum atomic E-state index is -0.733. The number of carbonyl (C=O) groups is 2. The van der Waals surface area contributed by atoms with Crippen molar-refractivity contribution in [2.24, 2.45) is 0 Å². The van der Waals surface area contributed by atoms with Gasteiger partial charge in [-0.1, -0.05) is 6.07 Å². The van der Waals surface area contributed by atoms with Crippen LogP contribution in [0.2, 0.25) is 0 Å². The summed E-state index contributed by atoms with van der Waals surface area (Å²) in [6.07, 6.45) is 4.25. The second-order valence-electron chi connectivity index (χ2n) is 6.10. The zero-order valence-corrected chi connectivity index (χ0v) is 12.4. The van der Waals surface area contributed by atoms with Crippen molar-refractivity contribution in [2.75, 3.05) is 13.1 Å². The van der Waals surface area contributed by atoms with Crippen LogP contribution in [0.15, 0.2) is 24.5 Å². The SMILES string of the molecule is CC(C)N1C(=O)N[C@@]2(CCN(Cc3cccnc3)C2)C1=O. The summed E-state index contributed by atoms with van der Waals surface area (Å²) >= 11 is 0. The Morgan fingerprint density at radius 3 is 2.86 bits per heavy atom. The summed E-state index contributed by atoms with van der Waals surface area (Å²) in [5.74, 6) is -0.0869. The first-order chi connectivity index (χ1) is 10.0. The summed E-state index contributed by atoms with van der Waals surface area (Å²) in [6, 6.07) is 3.56. The number of carbonyl (C=O) groups excluding carboxylic acids is 2. The average Bonchev–Trinajstić information content (AvgIpc) is 2.93. The van der Waals surface area contributed by atoms with Gasteiger partial charge in [0.25, 0.3) is 5.91 Å². The van der Waals surface area contributed by atoms with Gasteiger partial charge in [-0.15, -0.1) is 0 Å². The number of nitrogens with one attached hydrogen (secondary N) is 1. The maximum absolute atomic E-state index is 12.6. The van der Waals surface area contributed by atoms with Gasteiger partial charge in [-0.3, -0.25) is 19.6 Å². The molecule has 6 heteroatoms. The summed E-state index contributed by atoms with van der Waals surface area (Å²) < 4.78 is 0. The maximum Gasteiger partial charge on any atom is 0.325 e. The molecule has 2 aliphatic rings. The predicted molar refractivity (Wildman–Crippen MR) is 77.4 cm³/mol. The first-order valence-electron chi connectivity index (χ1n) is 7.29. The van der Waals surface area contributed by atoms with E-state index in [2.05, 4.69) is 15.2 Å². The van der Waals surface area contributed by atoms with E-state index < -0.39 is 5.54 Å². The van der Waals surface area contributed by atoms with Crippen molar-refractivity contribution >= 4 is 11.9 Å². The van der Waals surface area contributed by atoms with Gasteiger partial charge in [0, 0.05) is 38.1 Å². The standard InChI is InChI=1S/C15H20N4O2/c1-11(2)19-13(20)15(17-14(19)21)5-7-18(10-15)9-12-4-3-6-16-8-12/h3-4,6,8,11H,5,7,9-10H2,1-2H3,(H,17,21)/t15-/m1/s1. The van der Waals surface area contributed by atoms with Crippen LogP contribution in [0.4, 0.5) is 4.79 Å². The Bertz CT molecular complexity index is 560. The molecule has 0 aromatic carbocycles. The summed E-state index contributed by atoms with van der Waals surface area (Å²) in [6.45, 7) is 5.83. The molecule has 3 amide bonds. The molecule has 0 unspecified atom stereocenters. The van der Waals surface area contributed by atoms with Crippen molar-refractivity contribution in [3.63, 3.8) is 0 Å². The van der Waals surface area contributed by atoms with Crippen molar-refractivity contribution in [1.29, 1.82) is 0 Å². The van der Waals surface area contributed by atoms with Crippen molar-refractivity contribution in [3.05, 3.63) is 30.1 Å². The van der Waals surface area contributed by atoms with Crippen LogP contribution in [0.3, 0.4) is 0 Å². The molecule has 3 rings (SSSR count). The first-order valence-corrected chi connectivity index (χ1v) is 7.29. The van der Waals surface area contributed by atoms with E-state index in [4.69, 9.17) is 0 Å². The Morgan fingerprint density at radius 2 is 2.24 bits per heavy atom. The number of amides is 3. The molecular weight excluding hydrogens is 268 g/mol. The third kappa shape index (κ3) is 2.40. The number of rotatable bonds is 3. The van der Waals surface area contributed by atoms with Crippen molar-refractivity contribution in [2.45, 2.75) is 38.4 Å². The zero-order chi connectivity index (χ0) is 15.0. The first kappa shape index (κ1) is 14.0. The molecule has 1 N–H and O–H groups in total. The molecule has 1 aromatic rings. The van der Waals surface area contributed by atoms with Gasteiger partial charge in [0.15, 0.2) is 0 Å². The van der Waals surface area contributed by atoms with E-state index in [9.17, 15) is 9.59 Å². The Kier molecular flexibility index (Phi) is 3.41. The van der Waals surface area contributed by atoms with Gasteiger partial charge in [-0.25, -0.2) is 4.79 Å². The lowest BCUT2D eigenvalue weighted by Crippen LogP contribution is -2.49. The second kappa shape index (κ2) is 5.11. The van der Waals surface area contributed by atoms with Gasteiger partial charge < -0.3 is 5.32 Å². The highest BCUT2D eigenvalue weighted by molar-refractivity contribution is 6.07. The smallest absolute Gasteiger partial charge is 0.322 e. The minimum absolute atomic E-state index is 0.0869. The van der Waals surface area contributed by atoms with Crippen molar-refractivity contribution < 1.29 is 9.59 Å². The largest absolute Gasteiger partial charge is 0.325 e. The van der Waals surface area contributed by atoms with E-state index in [0.29, 0.717) is 13.0 Å². The average molecular weight is 288 g/mol. The van der Waals surface area contributed by atoms with Crippen LogP contribution in [-0.4, -0.2) is 51.4 Å². The van der Waals surface area contributed by atoms with Gasteiger partial charge in [0.05, 0.1) is 0 Å². The van der Waals surface area contributed by atoms with Crippen LogP contribution in [0.1, 0.15) is 25.8 Å². The van der Waals surface area contributed by atoms with E-state index in [1.165, 1.54) is 4.90 Å². The topological polar surface area (TPSA) is 65.5 Å². The van der Waals surface area contributed by atoms with Gasteiger partial charge in [-0.05, 0) is 31.9 Å². The zero-order valence-electron chi connectivity index (χ0n) is 12.4. The van der Waals surface area contributed by atoms with Crippen molar-refractivity contribution in [3.8, 4) is 0 Å². The van der Waals surface area contributed by atoms with Crippen LogP contribution in [0.5, 0.6) is 0 Å². The summed E-state index contributed by atoms with van der Waals surface area (Å²) in [5, 5.41) is 2.91. The van der Waals surface area contributed by atoms with Gasteiger partial charge >= 0.3 is 6.03 Å². The van der Waals surface area contributed by atoms with Crippen LogP contribution in [-0.2, 0) is 11.3 Å². The van der Waals surface area contributed by atoms with E-state index >= 15 is 0 Å². The molecule has 0 saturated carbocycles. The van der Waals surface area contributed by atoms with Crippen LogP contribution >= 0.6 is 0 Å². The highest BCUT2D eigenvalue weighted by Crippen LogP contribution is 2.30. The lowest BCUT2D eigenvalue weighted by molar-refractivity contribution is -0.132. The molecule has 0 radical (unpaired) electrons. The van der Waals surface area contributed by atoms with Crippen LogP contribution < -0.4 is 5.32 Å². The Balaban J connectivity index is 1.72.